The Labute approximate surface area is 189 Å². The lowest BCUT2D eigenvalue weighted by atomic mass is 9.94. The Bertz CT molecular complexity index is 1580. The number of halogens is 1. The summed E-state index contributed by atoms with van der Waals surface area (Å²) in [5.41, 5.74) is 3.68. The summed E-state index contributed by atoms with van der Waals surface area (Å²) in [5.74, 6) is -0.361. The van der Waals surface area contributed by atoms with Crippen molar-refractivity contribution < 1.29 is 4.79 Å². The molecule has 0 aliphatic heterocycles. The van der Waals surface area contributed by atoms with E-state index in [2.05, 4.69) is 4.98 Å². The van der Waals surface area contributed by atoms with Crippen LogP contribution < -0.4 is 5.56 Å². The van der Waals surface area contributed by atoms with Gasteiger partial charge in [-0.25, -0.2) is 0 Å². The molecule has 5 rings (SSSR count). The second-order valence-corrected chi connectivity index (χ2v) is 8.14. The average Bonchev–Trinajstić information content (AvgIpc) is 3.17. The molecule has 0 aliphatic carbocycles. The third-order valence-electron chi connectivity index (χ3n) is 5.62. The Morgan fingerprint density at radius 3 is 2.62 bits per heavy atom. The number of aryl methyl sites for hydroxylation is 1. The highest BCUT2D eigenvalue weighted by Gasteiger charge is 2.19. The molecule has 1 N–H and O–H groups in total. The van der Waals surface area contributed by atoms with Gasteiger partial charge in [0, 0.05) is 45.6 Å². The van der Waals surface area contributed by atoms with Gasteiger partial charge in [-0.15, -0.1) is 0 Å². The maximum Gasteiger partial charge on any atom is 0.260 e. The van der Waals surface area contributed by atoms with Crippen LogP contribution in [0.3, 0.4) is 0 Å². The molecule has 2 heterocycles. The van der Waals surface area contributed by atoms with E-state index >= 15 is 0 Å². The fourth-order valence-electron chi connectivity index (χ4n) is 4.06. The number of hydrogen-bond acceptors (Lipinski definition) is 2. The van der Waals surface area contributed by atoms with Crippen molar-refractivity contribution in [2.75, 3.05) is 0 Å². The van der Waals surface area contributed by atoms with Gasteiger partial charge in [-0.2, -0.15) is 0 Å². The summed E-state index contributed by atoms with van der Waals surface area (Å²) in [7, 11) is 1.99. The number of fused-ring (bicyclic) bond motifs is 2. The molecule has 0 amide bonds. The summed E-state index contributed by atoms with van der Waals surface area (Å²) in [5, 5.41) is 2.35. The van der Waals surface area contributed by atoms with Crippen LogP contribution in [0.15, 0.2) is 89.9 Å². The van der Waals surface area contributed by atoms with Crippen molar-refractivity contribution in [3.63, 3.8) is 0 Å². The zero-order valence-corrected chi connectivity index (χ0v) is 18.1. The molecule has 0 spiro atoms. The standard InChI is InChI=1S/C27H19ClN2O2/c1-30-14-13-19-15-17(7-11-23(19)30)8-12-24(31)26-25(18-5-3-2-4-6-18)21-16-20(28)9-10-22(21)29-27(26)32/h2-16H,1H3,(H,29,32)/b12-8+. The highest BCUT2D eigenvalue weighted by atomic mass is 35.5. The molecule has 0 bridgehead atoms. The molecule has 0 saturated carbocycles. The van der Waals surface area contributed by atoms with Gasteiger partial charge in [0.05, 0.1) is 5.56 Å². The Hall–Kier alpha value is -3.89. The van der Waals surface area contributed by atoms with E-state index in [1.165, 1.54) is 6.08 Å². The van der Waals surface area contributed by atoms with Crippen molar-refractivity contribution in [3.05, 3.63) is 112 Å². The number of allylic oxidation sites excluding steroid dienone is 1. The van der Waals surface area contributed by atoms with Gasteiger partial charge in [-0.3, -0.25) is 9.59 Å². The first-order chi connectivity index (χ1) is 15.5. The fraction of sp³-hybridized carbons (Fsp3) is 0.0370. The third kappa shape index (κ3) is 3.55. The predicted octanol–water partition coefficient (Wildman–Crippen LogP) is 6.24. The smallest absolute Gasteiger partial charge is 0.260 e. The maximum absolute atomic E-state index is 13.3. The highest BCUT2D eigenvalue weighted by molar-refractivity contribution is 6.31. The number of carbonyl (C=O) groups is 1. The summed E-state index contributed by atoms with van der Waals surface area (Å²) in [4.78, 5) is 29.1. The van der Waals surface area contributed by atoms with Crippen LogP contribution >= 0.6 is 11.6 Å². The van der Waals surface area contributed by atoms with Crippen LogP contribution in [0.2, 0.25) is 5.02 Å². The van der Waals surface area contributed by atoms with Crippen LogP contribution in [0.5, 0.6) is 0 Å². The quantitative estimate of drug-likeness (QED) is 0.267. The maximum atomic E-state index is 13.3. The van der Waals surface area contributed by atoms with Gasteiger partial charge in [-0.05, 0) is 53.6 Å². The number of ketones is 1. The van der Waals surface area contributed by atoms with Gasteiger partial charge in [0.2, 0.25) is 0 Å². The summed E-state index contributed by atoms with van der Waals surface area (Å²) < 4.78 is 2.04. The lowest BCUT2D eigenvalue weighted by molar-refractivity contribution is 0.104. The number of rotatable bonds is 4. The monoisotopic (exact) mass is 438 g/mol. The number of aromatic amines is 1. The second-order valence-electron chi connectivity index (χ2n) is 7.70. The average molecular weight is 439 g/mol. The zero-order chi connectivity index (χ0) is 22.2. The van der Waals surface area contributed by atoms with E-state index in [1.807, 2.05) is 72.4 Å². The van der Waals surface area contributed by atoms with E-state index in [1.54, 1.807) is 24.3 Å². The number of H-pyrrole nitrogens is 1. The predicted molar refractivity (Wildman–Crippen MR) is 131 cm³/mol. The number of aromatic nitrogens is 2. The van der Waals surface area contributed by atoms with Crippen LogP contribution in [0.25, 0.3) is 39.0 Å². The molecule has 2 aromatic heterocycles. The Balaban J connectivity index is 1.65. The summed E-state index contributed by atoms with van der Waals surface area (Å²) >= 11 is 6.25. The first-order valence-electron chi connectivity index (χ1n) is 10.2. The molecule has 0 unspecified atom stereocenters. The Morgan fingerprint density at radius 1 is 1.00 bits per heavy atom. The largest absolute Gasteiger partial charge is 0.351 e. The number of carbonyl (C=O) groups excluding carboxylic acids is 1. The van der Waals surface area contributed by atoms with Crippen molar-refractivity contribution in [2.24, 2.45) is 7.05 Å². The van der Waals surface area contributed by atoms with Gasteiger partial charge in [0.25, 0.3) is 5.56 Å². The van der Waals surface area contributed by atoms with E-state index in [9.17, 15) is 9.59 Å². The molecular weight excluding hydrogens is 420 g/mol. The SMILES string of the molecule is Cn1ccc2cc(/C=C/C(=O)c3c(-c4ccccc4)c4cc(Cl)ccc4[nH]c3=O)ccc21. The van der Waals surface area contributed by atoms with Gasteiger partial charge in [0.1, 0.15) is 0 Å². The molecule has 3 aromatic carbocycles. The van der Waals surface area contributed by atoms with E-state index in [0.717, 1.165) is 27.4 Å². The van der Waals surface area contributed by atoms with Crippen LogP contribution in [-0.4, -0.2) is 15.3 Å². The van der Waals surface area contributed by atoms with Gasteiger partial charge in [0.15, 0.2) is 5.78 Å². The summed E-state index contributed by atoms with van der Waals surface area (Å²) in [6.07, 6.45) is 5.19. The lowest BCUT2D eigenvalue weighted by Crippen LogP contribution is -2.18. The minimum atomic E-state index is -0.424. The molecule has 0 fully saturated rings. The van der Waals surface area contributed by atoms with Crippen molar-refractivity contribution in [1.29, 1.82) is 0 Å². The van der Waals surface area contributed by atoms with E-state index in [4.69, 9.17) is 11.6 Å². The molecule has 156 valence electrons. The third-order valence-corrected chi connectivity index (χ3v) is 5.86. The highest BCUT2D eigenvalue weighted by Crippen LogP contribution is 2.31. The number of nitrogens with zero attached hydrogens (tertiary/aromatic N) is 1. The normalized spacial score (nSPS) is 11.6. The Morgan fingerprint density at radius 2 is 1.81 bits per heavy atom. The first kappa shape index (κ1) is 20.0. The molecular formula is C27H19ClN2O2. The number of pyridine rings is 1. The van der Waals surface area contributed by atoms with E-state index < -0.39 is 5.56 Å². The zero-order valence-electron chi connectivity index (χ0n) is 17.3. The van der Waals surface area contributed by atoms with Gasteiger partial charge >= 0.3 is 0 Å². The van der Waals surface area contributed by atoms with E-state index in [0.29, 0.717) is 16.1 Å². The lowest BCUT2D eigenvalue weighted by Gasteiger charge is -2.11. The van der Waals surface area contributed by atoms with E-state index in [-0.39, 0.29) is 11.3 Å². The number of nitrogens with one attached hydrogen (secondary N) is 1. The summed E-state index contributed by atoms with van der Waals surface area (Å²) in [6, 6.07) is 22.7. The van der Waals surface area contributed by atoms with Gasteiger partial charge < -0.3 is 9.55 Å². The van der Waals surface area contributed by atoms with Crippen molar-refractivity contribution in [3.8, 4) is 11.1 Å². The molecule has 5 aromatic rings. The molecule has 32 heavy (non-hydrogen) atoms. The second kappa shape index (κ2) is 7.98. The summed E-state index contributed by atoms with van der Waals surface area (Å²) in [6.45, 7) is 0. The van der Waals surface area contributed by atoms with Crippen LogP contribution in [-0.2, 0) is 7.05 Å². The first-order valence-corrected chi connectivity index (χ1v) is 10.6. The molecule has 0 aliphatic rings. The van der Waals surface area contributed by atoms with Crippen molar-refractivity contribution in [1.82, 2.24) is 9.55 Å². The Kier molecular flexibility index (Phi) is 5.00. The fourth-order valence-corrected chi connectivity index (χ4v) is 4.24. The van der Waals surface area contributed by atoms with Crippen LogP contribution in [0.4, 0.5) is 0 Å². The molecule has 5 heteroatoms. The number of benzene rings is 3. The molecule has 0 atom stereocenters. The van der Waals surface area contributed by atoms with Crippen LogP contribution in [0.1, 0.15) is 15.9 Å². The minimum Gasteiger partial charge on any atom is -0.351 e. The molecule has 4 nitrogen and oxygen atoms in total. The molecule has 0 saturated heterocycles. The number of hydrogen-bond donors (Lipinski definition) is 1. The van der Waals surface area contributed by atoms with Crippen LogP contribution in [0, 0.1) is 0 Å². The molecule has 0 radical (unpaired) electrons. The van der Waals surface area contributed by atoms with Gasteiger partial charge in [-0.1, -0.05) is 54.1 Å². The minimum absolute atomic E-state index is 0.100. The topological polar surface area (TPSA) is 54.9 Å². The van der Waals surface area contributed by atoms with Crippen molar-refractivity contribution in [2.45, 2.75) is 0 Å². The van der Waals surface area contributed by atoms with Crippen molar-refractivity contribution >= 4 is 45.3 Å².